The lowest BCUT2D eigenvalue weighted by molar-refractivity contribution is 0.475. The first-order chi connectivity index (χ1) is 7.97. The molecule has 2 aromatic rings. The van der Waals surface area contributed by atoms with E-state index in [1.807, 2.05) is 0 Å². The molecule has 0 unspecified atom stereocenters. The van der Waals surface area contributed by atoms with Crippen LogP contribution in [0.15, 0.2) is 12.1 Å². The summed E-state index contributed by atoms with van der Waals surface area (Å²) < 4.78 is 0. The Morgan fingerprint density at radius 1 is 0.941 bits per heavy atom. The zero-order valence-corrected chi connectivity index (χ0v) is 9.87. The minimum absolute atomic E-state index is 0.0206. The van der Waals surface area contributed by atoms with Crippen LogP contribution >= 0.6 is 23.2 Å². The van der Waals surface area contributed by atoms with E-state index in [0.29, 0.717) is 5.56 Å². The number of nitrogens with two attached hydrogens (primary N) is 2. The molecule has 0 saturated heterocycles. The van der Waals surface area contributed by atoms with Crippen LogP contribution < -0.4 is 11.5 Å². The molecule has 5 N–H and O–H groups in total. The third-order valence-electron chi connectivity index (χ3n) is 1.95. The van der Waals surface area contributed by atoms with Crippen LogP contribution in [-0.2, 0) is 0 Å². The predicted molar refractivity (Wildman–Crippen MR) is 65.8 cm³/mol. The van der Waals surface area contributed by atoms with E-state index in [-0.39, 0.29) is 33.5 Å². The van der Waals surface area contributed by atoms with Gasteiger partial charge in [-0.3, -0.25) is 0 Å². The highest BCUT2D eigenvalue weighted by Crippen LogP contribution is 2.34. The van der Waals surface area contributed by atoms with Crippen molar-refractivity contribution in [3.05, 3.63) is 22.2 Å². The van der Waals surface area contributed by atoms with Crippen molar-refractivity contribution in [2.45, 2.75) is 0 Å². The van der Waals surface area contributed by atoms with E-state index in [1.54, 1.807) is 0 Å². The summed E-state index contributed by atoms with van der Waals surface area (Å²) in [6, 6.07) is 2.71. The Kier molecular flexibility index (Phi) is 2.91. The van der Waals surface area contributed by atoms with E-state index in [2.05, 4.69) is 15.0 Å². The minimum Gasteiger partial charge on any atom is -0.506 e. The van der Waals surface area contributed by atoms with Crippen LogP contribution in [0.2, 0.25) is 10.0 Å². The molecular formula is C9H7Cl2N5O. The van der Waals surface area contributed by atoms with Gasteiger partial charge < -0.3 is 16.6 Å². The van der Waals surface area contributed by atoms with Crippen molar-refractivity contribution >= 4 is 35.1 Å². The van der Waals surface area contributed by atoms with Crippen LogP contribution in [0.4, 0.5) is 11.9 Å². The number of anilines is 2. The monoisotopic (exact) mass is 271 g/mol. The smallest absolute Gasteiger partial charge is 0.225 e. The van der Waals surface area contributed by atoms with Gasteiger partial charge in [0.1, 0.15) is 5.75 Å². The zero-order valence-electron chi connectivity index (χ0n) is 8.35. The van der Waals surface area contributed by atoms with Crippen LogP contribution in [0.1, 0.15) is 0 Å². The molecule has 0 radical (unpaired) electrons. The molecule has 17 heavy (non-hydrogen) atoms. The van der Waals surface area contributed by atoms with E-state index >= 15 is 0 Å². The fraction of sp³-hybridized carbons (Fsp3) is 0. The Bertz CT molecular complexity index is 570. The highest BCUT2D eigenvalue weighted by molar-refractivity contribution is 6.36. The number of nitrogen functional groups attached to an aromatic ring is 2. The molecule has 0 aliphatic heterocycles. The molecular weight excluding hydrogens is 265 g/mol. The number of hydrogen-bond acceptors (Lipinski definition) is 6. The summed E-state index contributed by atoms with van der Waals surface area (Å²) in [5.74, 6) is 0.0258. The summed E-state index contributed by atoms with van der Waals surface area (Å²) in [6.07, 6.45) is 0. The average molecular weight is 272 g/mol. The number of hydrogen-bond donors (Lipinski definition) is 3. The molecule has 0 saturated carbocycles. The van der Waals surface area contributed by atoms with Crippen molar-refractivity contribution in [2.24, 2.45) is 0 Å². The first-order valence-electron chi connectivity index (χ1n) is 4.43. The van der Waals surface area contributed by atoms with Crippen LogP contribution in [0.5, 0.6) is 5.75 Å². The van der Waals surface area contributed by atoms with Crippen molar-refractivity contribution in [3.8, 4) is 17.1 Å². The number of aromatic nitrogens is 3. The Morgan fingerprint density at radius 2 is 1.53 bits per heavy atom. The number of phenols is 1. The van der Waals surface area contributed by atoms with Gasteiger partial charge in [0.25, 0.3) is 0 Å². The predicted octanol–water partition coefficient (Wildman–Crippen LogP) is 1.72. The highest BCUT2D eigenvalue weighted by Gasteiger charge is 2.12. The first kappa shape index (κ1) is 11.7. The molecule has 1 heterocycles. The molecule has 88 valence electrons. The van der Waals surface area contributed by atoms with Gasteiger partial charge >= 0.3 is 0 Å². The van der Waals surface area contributed by atoms with Gasteiger partial charge in [0, 0.05) is 11.6 Å². The summed E-state index contributed by atoms with van der Waals surface area (Å²) in [5.41, 5.74) is 11.3. The van der Waals surface area contributed by atoms with Crippen molar-refractivity contribution < 1.29 is 5.11 Å². The summed E-state index contributed by atoms with van der Waals surface area (Å²) >= 11 is 11.7. The molecule has 8 heteroatoms. The number of phenolic OH excluding ortho intramolecular Hbond substituents is 1. The van der Waals surface area contributed by atoms with E-state index < -0.39 is 0 Å². The summed E-state index contributed by atoms with van der Waals surface area (Å²) in [5, 5.41) is 9.72. The third-order valence-corrected chi connectivity index (χ3v) is 2.56. The second-order valence-electron chi connectivity index (χ2n) is 3.16. The molecule has 2 rings (SSSR count). The van der Waals surface area contributed by atoms with E-state index in [0.717, 1.165) is 0 Å². The SMILES string of the molecule is Nc1nc(N)nc(-c2cc(Cl)c(O)cc2Cl)n1. The highest BCUT2D eigenvalue weighted by atomic mass is 35.5. The van der Waals surface area contributed by atoms with Gasteiger partial charge in [0.05, 0.1) is 10.0 Å². The minimum atomic E-state index is -0.129. The van der Waals surface area contributed by atoms with Gasteiger partial charge in [-0.05, 0) is 6.07 Å². The Labute approximate surface area is 106 Å². The lowest BCUT2D eigenvalue weighted by atomic mass is 10.2. The molecule has 0 fully saturated rings. The lowest BCUT2D eigenvalue weighted by Gasteiger charge is -2.06. The summed E-state index contributed by atoms with van der Waals surface area (Å²) in [4.78, 5) is 11.4. The average Bonchev–Trinajstić information content (AvgIpc) is 2.22. The molecule has 0 spiro atoms. The second-order valence-corrected chi connectivity index (χ2v) is 3.97. The quantitative estimate of drug-likeness (QED) is 0.728. The molecule has 1 aromatic heterocycles. The Morgan fingerprint density at radius 3 is 2.12 bits per heavy atom. The standard InChI is InChI=1S/C9H7Cl2N5O/c10-4-2-6(17)5(11)1-3(4)7-14-8(12)16-9(13)15-7/h1-2,17H,(H4,12,13,14,15,16). The van der Waals surface area contributed by atoms with Crippen molar-refractivity contribution in [2.75, 3.05) is 11.5 Å². The van der Waals surface area contributed by atoms with Crippen LogP contribution in [0.25, 0.3) is 11.4 Å². The topological polar surface area (TPSA) is 111 Å². The molecule has 1 aromatic carbocycles. The molecule has 0 amide bonds. The number of aromatic hydroxyl groups is 1. The maximum Gasteiger partial charge on any atom is 0.225 e. The molecule has 0 aliphatic rings. The largest absolute Gasteiger partial charge is 0.506 e. The van der Waals surface area contributed by atoms with Crippen LogP contribution in [0, 0.1) is 0 Å². The number of benzene rings is 1. The van der Waals surface area contributed by atoms with Crippen molar-refractivity contribution in [1.82, 2.24) is 15.0 Å². The summed E-state index contributed by atoms with van der Waals surface area (Å²) in [7, 11) is 0. The van der Waals surface area contributed by atoms with E-state index in [4.69, 9.17) is 34.7 Å². The second kappa shape index (κ2) is 4.23. The van der Waals surface area contributed by atoms with Crippen molar-refractivity contribution in [3.63, 3.8) is 0 Å². The lowest BCUT2D eigenvalue weighted by Crippen LogP contribution is -2.04. The van der Waals surface area contributed by atoms with Gasteiger partial charge in [-0.2, -0.15) is 15.0 Å². The number of halogens is 2. The van der Waals surface area contributed by atoms with Gasteiger partial charge in [-0.25, -0.2) is 0 Å². The number of rotatable bonds is 1. The van der Waals surface area contributed by atoms with E-state index in [9.17, 15) is 5.11 Å². The Hall–Kier alpha value is -1.79. The zero-order chi connectivity index (χ0) is 12.6. The molecule has 6 nitrogen and oxygen atoms in total. The van der Waals surface area contributed by atoms with Crippen LogP contribution in [0.3, 0.4) is 0 Å². The van der Waals surface area contributed by atoms with Gasteiger partial charge in [-0.15, -0.1) is 0 Å². The third kappa shape index (κ3) is 2.32. The molecule has 0 bridgehead atoms. The first-order valence-corrected chi connectivity index (χ1v) is 5.18. The van der Waals surface area contributed by atoms with Gasteiger partial charge in [0.15, 0.2) is 5.82 Å². The fourth-order valence-electron chi connectivity index (χ4n) is 1.24. The summed E-state index contributed by atoms with van der Waals surface area (Å²) in [6.45, 7) is 0. The normalized spacial score (nSPS) is 10.5. The molecule has 0 atom stereocenters. The van der Waals surface area contributed by atoms with Gasteiger partial charge in [-0.1, -0.05) is 23.2 Å². The van der Waals surface area contributed by atoms with Crippen LogP contribution in [-0.4, -0.2) is 20.1 Å². The number of nitrogens with zero attached hydrogens (tertiary/aromatic N) is 3. The van der Waals surface area contributed by atoms with Crippen molar-refractivity contribution in [1.29, 1.82) is 0 Å². The van der Waals surface area contributed by atoms with Gasteiger partial charge in [0.2, 0.25) is 11.9 Å². The fourth-order valence-corrected chi connectivity index (χ4v) is 1.64. The molecule has 0 aliphatic carbocycles. The van der Waals surface area contributed by atoms with E-state index in [1.165, 1.54) is 12.1 Å². The maximum absolute atomic E-state index is 9.36. The Balaban J connectivity index is 2.64. The maximum atomic E-state index is 9.36.